The predicted molar refractivity (Wildman–Crippen MR) is 90.9 cm³/mol. The Morgan fingerprint density at radius 3 is 3.00 bits per heavy atom. The monoisotopic (exact) mass is 388 g/mol. The molecule has 4 rings (SSSR count). The highest BCUT2D eigenvalue weighted by molar-refractivity contribution is 9.10. The maximum Gasteiger partial charge on any atom is 0.228 e. The number of methoxy groups -OCH3 is 1. The number of ether oxygens (including phenoxy) is 1. The number of nitrogens with one attached hydrogen (secondary N) is 1. The molecule has 0 fully saturated rings. The second-order valence-corrected chi connectivity index (χ2v) is 6.01. The van der Waals surface area contributed by atoms with E-state index in [0.29, 0.717) is 24.0 Å². The van der Waals surface area contributed by atoms with Crippen LogP contribution in [0.5, 0.6) is 5.88 Å². The Morgan fingerprint density at radius 1 is 1.25 bits per heavy atom. The lowest BCUT2D eigenvalue weighted by atomic mass is 10.1. The molecule has 1 N–H and O–H groups in total. The number of rotatable bonds is 3. The van der Waals surface area contributed by atoms with Gasteiger partial charge in [0, 0.05) is 5.39 Å². The summed E-state index contributed by atoms with van der Waals surface area (Å²) in [5, 5.41) is 5.08. The van der Waals surface area contributed by atoms with Gasteiger partial charge in [0.15, 0.2) is 11.4 Å². The summed E-state index contributed by atoms with van der Waals surface area (Å²) in [5.74, 6) is 0.996. The van der Waals surface area contributed by atoms with E-state index in [9.17, 15) is 0 Å². The van der Waals surface area contributed by atoms with Crippen LogP contribution in [0.15, 0.2) is 50.4 Å². The molecule has 8 heteroatoms. The molecule has 0 aliphatic carbocycles. The lowest BCUT2D eigenvalue weighted by molar-refractivity contribution is 0.0608. The Kier molecular flexibility index (Phi) is 3.91. The molecule has 1 aliphatic rings. The summed E-state index contributed by atoms with van der Waals surface area (Å²) in [6, 6.07) is 11.1. The Labute approximate surface area is 145 Å². The molecule has 0 saturated carbocycles. The first-order chi connectivity index (χ1) is 11.8. The van der Waals surface area contributed by atoms with E-state index >= 15 is 0 Å². The molecule has 1 unspecified atom stereocenters. The molecule has 0 amide bonds. The lowest BCUT2D eigenvalue weighted by Gasteiger charge is -2.20. The fourth-order valence-corrected chi connectivity index (χ4v) is 2.89. The maximum absolute atomic E-state index is 5.47. The van der Waals surface area contributed by atoms with E-state index in [2.05, 4.69) is 36.5 Å². The van der Waals surface area contributed by atoms with Gasteiger partial charge in [-0.25, -0.2) is 10.5 Å². The number of benzene rings is 1. The second-order valence-electron chi connectivity index (χ2n) is 5.16. The van der Waals surface area contributed by atoms with Gasteiger partial charge in [0.1, 0.15) is 24.0 Å². The van der Waals surface area contributed by atoms with Gasteiger partial charge in [0.2, 0.25) is 5.88 Å². The molecule has 1 atom stereocenters. The normalized spacial score (nSPS) is 17.4. The third-order valence-corrected chi connectivity index (χ3v) is 4.27. The van der Waals surface area contributed by atoms with E-state index in [1.165, 1.54) is 0 Å². The highest BCUT2D eigenvalue weighted by Crippen LogP contribution is 2.28. The fraction of sp³-hybridized carbons (Fsp3) is 0.188. The first-order valence-electron chi connectivity index (χ1n) is 7.27. The minimum atomic E-state index is -0.277. The smallest absolute Gasteiger partial charge is 0.228 e. The first kappa shape index (κ1) is 15.1. The van der Waals surface area contributed by atoms with Crippen LogP contribution in [0.1, 0.15) is 17.4 Å². The van der Waals surface area contributed by atoms with E-state index in [4.69, 9.17) is 14.1 Å². The molecule has 3 aromatic rings. The minimum Gasteiger partial charge on any atom is -0.480 e. The van der Waals surface area contributed by atoms with Gasteiger partial charge >= 0.3 is 0 Å². The molecule has 122 valence electrons. The number of aliphatic imine (C=N–C) groups is 1. The van der Waals surface area contributed by atoms with Gasteiger partial charge in [0.05, 0.1) is 11.6 Å². The molecule has 0 bridgehead atoms. The summed E-state index contributed by atoms with van der Waals surface area (Å²) in [5.41, 5.74) is 4.89. The van der Waals surface area contributed by atoms with Crippen LogP contribution >= 0.6 is 15.9 Å². The zero-order valence-electron chi connectivity index (χ0n) is 12.7. The van der Waals surface area contributed by atoms with Gasteiger partial charge in [-0.15, -0.1) is 0 Å². The molecule has 0 radical (unpaired) electrons. The van der Waals surface area contributed by atoms with Crippen molar-refractivity contribution in [3.05, 3.63) is 52.3 Å². The van der Waals surface area contributed by atoms with Gasteiger partial charge in [-0.2, -0.15) is 0 Å². The number of hydrogen-bond donors (Lipinski definition) is 1. The van der Waals surface area contributed by atoms with Gasteiger partial charge in [-0.1, -0.05) is 17.3 Å². The summed E-state index contributed by atoms with van der Waals surface area (Å²) in [7, 11) is 1.56. The molecular weight excluding hydrogens is 376 g/mol. The van der Waals surface area contributed by atoms with Crippen molar-refractivity contribution in [1.29, 1.82) is 0 Å². The van der Waals surface area contributed by atoms with Crippen LogP contribution in [0.3, 0.4) is 0 Å². The molecule has 24 heavy (non-hydrogen) atoms. The molecule has 7 nitrogen and oxygen atoms in total. The number of para-hydroxylation sites is 1. The van der Waals surface area contributed by atoms with Crippen molar-refractivity contribution in [3.63, 3.8) is 0 Å². The van der Waals surface area contributed by atoms with Crippen molar-refractivity contribution in [2.75, 3.05) is 13.7 Å². The number of fused-ring (bicyclic) bond motifs is 1. The number of hydroxylamine groups is 1. The van der Waals surface area contributed by atoms with Crippen molar-refractivity contribution in [1.82, 2.24) is 15.6 Å². The summed E-state index contributed by atoms with van der Waals surface area (Å²) < 4.78 is 11.4. The Hall–Kier alpha value is -2.45. The summed E-state index contributed by atoms with van der Waals surface area (Å²) >= 11 is 3.38. The van der Waals surface area contributed by atoms with Crippen LogP contribution in [-0.4, -0.2) is 29.7 Å². The number of amidine groups is 1. The highest BCUT2D eigenvalue weighted by Gasteiger charge is 2.24. The number of nitrogens with zero attached hydrogens (tertiary/aromatic N) is 3. The van der Waals surface area contributed by atoms with Crippen LogP contribution in [-0.2, 0) is 4.84 Å². The topological polar surface area (TPSA) is 81.8 Å². The number of halogens is 1. The zero-order valence-corrected chi connectivity index (χ0v) is 14.3. The average Bonchev–Trinajstić information content (AvgIpc) is 3.06. The van der Waals surface area contributed by atoms with E-state index in [1.807, 2.05) is 36.4 Å². The Bertz CT molecular complexity index is 925. The second kappa shape index (κ2) is 6.21. The third kappa shape index (κ3) is 2.63. The van der Waals surface area contributed by atoms with Gasteiger partial charge in [-0.05, 0) is 40.2 Å². The Balaban J connectivity index is 1.73. The van der Waals surface area contributed by atoms with E-state index in [0.717, 1.165) is 21.1 Å². The molecule has 0 spiro atoms. The van der Waals surface area contributed by atoms with Crippen molar-refractivity contribution >= 4 is 32.7 Å². The summed E-state index contributed by atoms with van der Waals surface area (Å²) in [6.07, 6.45) is 0. The highest BCUT2D eigenvalue weighted by atomic mass is 79.9. The molecule has 3 heterocycles. The first-order valence-corrected chi connectivity index (χ1v) is 8.06. The van der Waals surface area contributed by atoms with Gasteiger partial charge in [-0.3, -0.25) is 9.83 Å². The van der Waals surface area contributed by atoms with Crippen LogP contribution in [0, 0.1) is 0 Å². The van der Waals surface area contributed by atoms with Crippen LogP contribution in [0.25, 0.3) is 11.0 Å². The van der Waals surface area contributed by atoms with E-state index in [1.54, 1.807) is 7.11 Å². The van der Waals surface area contributed by atoms with Crippen molar-refractivity contribution in [2.45, 2.75) is 6.04 Å². The average molecular weight is 389 g/mol. The van der Waals surface area contributed by atoms with E-state index in [-0.39, 0.29) is 6.04 Å². The molecular formula is C16H13BrN4O3. The SMILES string of the molecule is COc1nc(C2=NC(c3noc4ccccc34)CON2)ccc1Br. The van der Waals surface area contributed by atoms with Crippen molar-refractivity contribution in [2.24, 2.45) is 4.99 Å². The fourth-order valence-electron chi connectivity index (χ4n) is 2.51. The molecule has 0 saturated heterocycles. The zero-order chi connectivity index (χ0) is 16.5. The van der Waals surface area contributed by atoms with Crippen molar-refractivity contribution in [3.8, 4) is 5.88 Å². The summed E-state index contributed by atoms with van der Waals surface area (Å²) in [6.45, 7) is 0.355. The quantitative estimate of drug-likeness (QED) is 0.742. The summed E-state index contributed by atoms with van der Waals surface area (Å²) in [4.78, 5) is 14.6. The van der Waals surface area contributed by atoms with E-state index < -0.39 is 0 Å². The molecule has 1 aromatic carbocycles. The predicted octanol–water partition coefficient (Wildman–Crippen LogP) is 3.02. The number of pyridine rings is 1. The lowest BCUT2D eigenvalue weighted by Crippen LogP contribution is -2.33. The standard InChI is InChI=1S/C16H13BrN4O3/c1-22-16-10(17)6-7-11(19-16)15-18-12(8-23-21-15)14-9-4-2-3-5-13(9)24-20-14/h2-7,12H,8H2,1H3,(H,18,21). The Morgan fingerprint density at radius 2 is 2.12 bits per heavy atom. The number of hydrogen-bond acceptors (Lipinski definition) is 7. The van der Waals surface area contributed by atoms with Crippen LogP contribution in [0.4, 0.5) is 0 Å². The molecule has 2 aromatic heterocycles. The van der Waals surface area contributed by atoms with Crippen molar-refractivity contribution < 1.29 is 14.1 Å². The minimum absolute atomic E-state index is 0.277. The maximum atomic E-state index is 5.47. The van der Waals surface area contributed by atoms with Crippen LogP contribution in [0.2, 0.25) is 0 Å². The van der Waals surface area contributed by atoms with Crippen LogP contribution < -0.4 is 10.2 Å². The van der Waals surface area contributed by atoms with Gasteiger partial charge < -0.3 is 9.26 Å². The number of aromatic nitrogens is 2. The largest absolute Gasteiger partial charge is 0.480 e. The van der Waals surface area contributed by atoms with Gasteiger partial charge in [0.25, 0.3) is 0 Å². The molecule has 1 aliphatic heterocycles. The third-order valence-electron chi connectivity index (χ3n) is 3.67.